The number of nitrogens with zero attached hydrogens (tertiary/aromatic N) is 2. The first-order chi connectivity index (χ1) is 10.2. The van der Waals surface area contributed by atoms with E-state index in [-0.39, 0.29) is 18.1 Å². The Morgan fingerprint density at radius 3 is 3.05 bits per heavy atom. The van der Waals surface area contributed by atoms with Crippen LogP contribution in [0, 0.1) is 0 Å². The predicted octanol–water partition coefficient (Wildman–Crippen LogP) is 0.682. The second kappa shape index (κ2) is 5.99. The Hall–Kier alpha value is -1.66. The van der Waals surface area contributed by atoms with E-state index in [0.29, 0.717) is 17.5 Å². The van der Waals surface area contributed by atoms with E-state index in [9.17, 15) is 4.79 Å². The lowest BCUT2D eigenvalue weighted by atomic mass is 10.1. The molecule has 1 N–H and O–H groups in total. The van der Waals surface area contributed by atoms with E-state index in [1.165, 1.54) is 0 Å². The lowest BCUT2D eigenvalue weighted by molar-refractivity contribution is -0.0390. The summed E-state index contributed by atoms with van der Waals surface area (Å²) in [4.78, 5) is 18.7. The van der Waals surface area contributed by atoms with Crippen LogP contribution in [0.4, 0.5) is 0 Å². The Morgan fingerprint density at radius 2 is 2.33 bits per heavy atom. The lowest BCUT2D eigenvalue weighted by Gasteiger charge is -2.33. The number of aromatic nitrogens is 1. The maximum atomic E-state index is 12.2. The van der Waals surface area contributed by atoms with Gasteiger partial charge in [0.1, 0.15) is 0 Å². The number of morpholine rings is 1. The Morgan fingerprint density at radius 1 is 1.48 bits per heavy atom. The van der Waals surface area contributed by atoms with Crippen molar-refractivity contribution in [3.63, 3.8) is 0 Å². The van der Waals surface area contributed by atoms with Crippen molar-refractivity contribution in [2.45, 2.75) is 31.5 Å². The molecule has 3 rings (SSSR count). The molecule has 0 bridgehead atoms. The number of fused-ring (bicyclic) bond motifs is 1. The highest BCUT2D eigenvalue weighted by Gasteiger charge is 2.36. The minimum Gasteiger partial charge on any atom is -0.481 e. The third kappa shape index (κ3) is 3.16. The number of rotatable bonds is 3. The van der Waals surface area contributed by atoms with Crippen LogP contribution in [0.2, 0.25) is 0 Å². The van der Waals surface area contributed by atoms with Gasteiger partial charge >= 0.3 is 0 Å². The van der Waals surface area contributed by atoms with Crippen LogP contribution in [0.15, 0.2) is 18.3 Å². The molecule has 0 aliphatic carbocycles. The van der Waals surface area contributed by atoms with Gasteiger partial charge in [-0.15, -0.1) is 0 Å². The smallest absolute Gasteiger partial charge is 0.253 e. The van der Waals surface area contributed by atoms with Crippen molar-refractivity contribution in [3.8, 4) is 5.88 Å². The third-order valence-electron chi connectivity index (χ3n) is 4.14. The summed E-state index contributed by atoms with van der Waals surface area (Å²) in [5.41, 5.74) is 0.560. The van der Waals surface area contributed by atoms with E-state index >= 15 is 0 Å². The van der Waals surface area contributed by atoms with Crippen molar-refractivity contribution < 1.29 is 14.3 Å². The van der Waals surface area contributed by atoms with Gasteiger partial charge in [-0.2, -0.15) is 0 Å². The molecule has 0 radical (unpaired) electrons. The normalized spacial score (nSPS) is 29.0. The van der Waals surface area contributed by atoms with Gasteiger partial charge in [-0.25, -0.2) is 4.98 Å². The summed E-state index contributed by atoms with van der Waals surface area (Å²) in [5.74, 6) is 0.430. The van der Waals surface area contributed by atoms with E-state index in [0.717, 1.165) is 26.1 Å². The summed E-state index contributed by atoms with van der Waals surface area (Å²) < 4.78 is 10.7. The van der Waals surface area contributed by atoms with Gasteiger partial charge in [-0.1, -0.05) is 0 Å². The largest absolute Gasteiger partial charge is 0.481 e. The average molecular weight is 291 g/mol. The number of hydrogen-bond donors (Lipinski definition) is 1. The molecule has 114 valence electrons. The maximum Gasteiger partial charge on any atom is 0.253 e. The fourth-order valence-electron chi connectivity index (χ4n) is 3.05. The van der Waals surface area contributed by atoms with Crippen LogP contribution in [-0.4, -0.2) is 60.8 Å². The van der Waals surface area contributed by atoms with Gasteiger partial charge in [0.2, 0.25) is 5.88 Å². The predicted molar refractivity (Wildman–Crippen MR) is 77.4 cm³/mol. The monoisotopic (exact) mass is 291 g/mol. The molecule has 2 aliphatic heterocycles. The molecule has 1 amide bonds. The standard InChI is InChI=1S/C15H21N3O3/c1-10-7-18-8-12(5-13(18)9-21-10)17-15(19)11-3-4-14(20-2)16-6-11/h3-4,6,10,12-13H,5,7-9H2,1-2H3,(H,17,19)/t10-,12-,13-/m0/s1. The van der Waals surface area contributed by atoms with Gasteiger partial charge in [0, 0.05) is 37.4 Å². The SMILES string of the molecule is COc1ccc(C(=O)N[C@H]2C[C@H]3CO[C@@H](C)CN3C2)cn1. The van der Waals surface area contributed by atoms with Gasteiger partial charge in [0.15, 0.2) is 0 Å². The topological polar surface area (TPSA) is 63.7 Å². The summed E-state index contributed by atoms with van der Waals surface area (Å²) in [6.07, 6.45) is 2.77. The highest BCUT2D eigenvalue weighted by Crippen LogP contribution is 2.23. The fourth-order valence-corrected chi connectivity index (χ4v) is 3.05. The molecule has 0 spiro atoms. The molecule has 6 nitrogen and oxygen atoms in total. The van der Waals surface area contributed by atoms with Crippen molar-refractivity contribution in [2.75, 3.05) is 26.8 Å². The zero-order valence-corrected chi connectivity index (χ0v) is 12.4. The van der Waals surface area contributed by atoms with E-state index in [2.05, 4.69) is 22.1 Å². The number of hydrogen-bond acceptors (Lipinski definition) is 5. The fraction of sp³-hybridized carbons (Fsp3) is 0.600. The minimum absolute atomic E-state index is 0.0797. The molecule has 2 fully saturated rings. The molecule has 1 aromatic heterocycles. The van der Waals surface area contributed by atoms with Crippen LogP contribution in [0.1, 0.15) is 23.7 Å². The van der Waals surface area contributed by atoms with Gasteiger partial charge in [0.25, 0.3) is 5.91 Å². The maximum absolute atomic E-state index is 12.2. The molecular weight excluding hydrogens is 270 g/mol. The zero-order chi connectivity index (χ0) is 14.8. The Balaban J connectivity index is 1.58. The highest BCUT2D eigenvalue weighted by atomic mass is 16.5. The molecular formula is C15H21N3O3. The van der Waals surface area contributed by atoms with Crippen molar-refractivity contribution in [1.29, 1.82) is 0 Å². The molecule has 21 heavy (non-hydrogen) atoms. The number of methoxy groups -OCH3 is 1. The van der Waals surface area contributed by atoms with Crippen molar-refractivity contribution in [3.05, 3.63) is 23.9 Å². The lowest BCUT2D eigenvalue weighted by Crippen LogP contribution is -2.45. The Kier molecular flexibility index (Phi) is 4.07. The van der Waals surface area contributed by atoms with Crippen LogP contribution in [0.5, 0.6) is 5.88 Å². The molecule has 2 aliphatic rings. The van der Waals surface area contributed by atoms with Crippen molar-refractivity contribution in [1.82, 2.24) is 15.2 Å². The van der Waals surface area contributed by atoms with Crippen LogP contribution in [-0.2, 0) is 4.74 Å². The van der Waals surface area contributed by atoms with Crippen molar-refractivity contribution >= 4 is 5.91 Å². The molecule has 0 saturated carbocycles. The summed E-state index contributed by atoms with van der Waals surface area (Å²) in [6.45, 7) is 4.69. The highest BCUT2D eigenvalue weighted by molar-refractivity contribution is 5.94. The number of amides is 1. The van der Waals surface area contributed by atoms with Gasteiger partial charge in [-0.3, -0.25) is 9.69 Å². The minimum atomic E-state index is -0.0797. The van der Waals surface area contributed by atoms with Crippen LogP contribution < -0.4 is 10.1 Å². The summed E-state index contributed by atoms with van der Waals surface area (Å²) in [6, 6.07) is 4.04. The second-order valence-electron chi connectivity index (χ2n) is 5.75. The number of nitrogens with one attached hydrogen (secondary N) is 1. The quantitative estimate of drug-likeness (QED) is 0.887. The van der Waals surface area contributed by atoms with Gasteiger partial charge in [0.05, 0.1) is 25.4 Å². The average Bonchev–Trinajstić information content (AvgIpc) is 2.88. The Labute approximate surface area is 124 Å². The second-order valence-corrected chi connectivity index (χ2v) is 5.75. The summed E-state index contributed by atoms with van der Waals surface area (Å²) in [5, 5.41) is 3.09. The first-order valence-electron chi connectivity index (χ1n) is 7.32. The molecule has 2 saturated heterocycles. The summed E-state index contributed by atoms with van der Waals surface area (Å²) in [7, 11) is 1.56. The molecule has 0 unspecified atom stereocenters. The molecule has 3 atom stereocenters. The van der Waals surface area contributed by atoms with E-state index < -0.39 is 0 Å². The molecule has 1 aromatic rings. The third-order valence-corrected chi connectivity index (χ3v) is 4.14. The number of pyridine rings is 1. The van der Waals surface area contributed by atoms with E-state index in [4.69, 9.17) is 9.47 Å². The first kappa shape index (κ1) is 14.3. The number of ether oxygens (including phenoxy) is 2. The first-order valence-corrected chi connectivity index (χ1v) is 7.32. The number of carbonyl (C=O) groups is 1. The van der Waals surface area contributed by atoms with Crippen LogP contribution in [0.25, 0.3) is 0 Å². The molecule has 3 heterocycles. The van der Waals surface area contributed by atoms with Gasteiger partial charge in [-0.05, 0) is 19.4 Å². The van der Waals surface area contributed by atoms with Gasteiger partial charge < -0.3 is 14.8 Å². The number of carbonyl (C=O) groups excluding carboxylic acids is 1. The Bertz CT molecular complexity index is 505. The zero-order valence-electron chi connectivity index (χ0n) is 12.4. The van der Waals surface area contributed by atoms with Crippen LogP contribution >= 0.6 is 0 Å². The van der Waals surface area contributed by atoms with Crippen LogP contribution in [0.3, 0.4) is 0 Å². The molecule has 6 heteroatoms. The molecule has 0 aromatic carbocycles. The summed E-state index contributed by atoms with van der Waals surface area (Å²) >= 11 is 0. The van der Waals surface area contributed by atoms with Crippen molar-refractivity contribution in [2.24, 2.45) is 0 Å². The van der Waals surface area contributed by atoms with E-state index in [1.807, 2.05) is 0 Å². The van der Waals surface area contributed by atoms with E-state index in [1.54, 1.807) is 25.4 Å².